The molecular weight excluding hydrogens is 320 g/mol. The van der Waals surface area contributed by atoms with E-state index in [9.17, 15) is 8.78 Å². The van der Waals surface area contributed by atoms with Crippen molar-refractivity contribution >= 4 is 22.7 Å². The van der Waals surface area contributed by atoms with Gasteiger partial charge in [0.1, 0.15) is 6.61 Å². The van der Waals surface area contributed by atoms with Crippen LogP contribution in [0.15, 0.2) is 23.8 Å². The van der Waals surface area contributed by atoms with Gasteiger partial charge in [-0.1, -0.05) is 17.7 Å². The molecule has 4 nitrogen and oxygen atoms in total. The summed E-state index contributed by atoms with van der Waals surface area (Å²) in [7, 11) is 1.62. The van der Waals surface area contributed by atoms with Crippen LogP contribution in [-0.2, 0) is 11.3 Å². The van der Waals surface area contributed by atoms with Crippen molar-refractivity contribution in [2.24, 2.45) is 0 Å². The number of piperidine rings is 1. The van der Waals surface area contributed by atoms with Gasteiger partial charge in [-0.25, -0.2) is 13.8 Å². The summed E-state index contributed by atoms with van der Waals surface area (Å²) in [6, 6.07) is 3.99. The number of aromatic nitrogens is 2. The highest BCUT2D eigenvalue weighted by Crippen LogP contribution is 2.26. The lowest BCUT2D eigenvalue weighted by Crippen LogP contribution is -2.30. The summed E-state index contributed by atoms with van der Waals surface area (Å²) < 4.78 is 35.5. The molecule has 122 valence electrons. The molecule has 0 spiro atoms. The van der Waals surface area contributed by atoms with Crippen LogP contribution in [0, 0.1) is 11.6 Å². The van der Waals surface area contributed by atoms with Crippen LogP contribution in [0.2, 0.25) is 0 Å². The quantitative estimate of drug-likeness (QED) is 0.854. The third kappa shape index (κ3) is 3.92. The Morgan fingerprint density at radius 3 is 2.74 bits per heavy atom. The molecule has 3 rings (SSSR count). The highest BCUT2D eigenvalue weighted by Gasteiger charge is 2.18. The van der Waals surface area contributed by atoms with E-state index < -0.39 is 11.6 Å². The number of hydrogen-bond acceptors (Lipinski definition) is 5. The van der Waals surface area contributed by atoms with Gasteiger partial charge >= 0.3 is 0 Å². The van der Waals surface area contributed by atoms with E-state index >= 15 is 0 Å². The first kappa shape index (κ1) is 16.0. The van der Waals surface area contributed by atoms with Crippen molar-refractivity contribution in [2.45, 2.75) is 19.4 Å². The molecule has 1 fully saturated rings. The number of rotatable bonds is 4. The topological polar surface area (TPSA) is 38.2 Å². The molecule has 1 saturated heterocycles. The smallest absolute Gasteiger partial charge is 0.205 e. The molecule has 0 atom stereocenters. The predicted octanol–water partition coefficient (Wildman–Crippen LogP) is 3.65. The van der Waals surface area contributed by atoms with E-state index in [-0.39, 0.29) is 0 Å². The van der Waals surface area contributed by atoms with Crippen molar-refractivity contribution in [3.63, 3.8) is 0 Å². The molecule has 1 aliphatic heterocycles. The number of hydrogen-bond donors (Lipinski definition) is 0. The van der Waals surface area contributed by atoms with Crippen LogP contribution in [-0.4, -0.2) is 29.6 Å². The maximum absolute atomic E-state index is 13.2. The molecular formula is C16H17F2N3OS. The van der Waals surface area contributed by atoms with Gasteiger partial charge < -0.3 is 9.64 Å². The Bertz CT molecular complexity index is 707. The van der Waals surface area contributed by atoms with Gasteiger partial charge in [-0.2, -0.15) is 4.37 Å². The van der Waals surface area contributed by atoms with Gasteiger partial charge in [0.2, 0.25) is 5.13 Å². The highest BCUT2D eigenvalue weighted by atomic mass is 32.1. The maximum atomic E-state index is 13.2. The van der Waals surface area contributed by atoms with Gasteiger partial charge in [0.15, 0.2) is 17.5 Å². The van der Waals surface area contributed by atoms with Crippen molar-refractivity contribution in [3.05, 3.63) is 46.8 Å². The molecule has 23 heavy (non-hydrogen) atoms. The molecule has 0 bridgehead atoms. The van der Waals surface area contributed by atoms with E-state index in [1.54, 1.807) is 13.2 Å². The fourth-order valence-corrected chi connectivity index (χ4v) is 3.25. The van der Waals surface area contributed by atoms with Gasteiger partial charge in [0, 0.05) is 31.7 Å². The molecule has 1 aliphatic rings. The third-order valence-electron chi connectivity index (χ3n) is 3.72. The van der Waals surface area contributed by atoms with E-state index in [1.807, 2.05) is 6.08 Å². The van der Waals surface area contributed by atoms with Crippen LogP contribution in [0.3, 0.4) is 0 Å². The lowest BCUT2D eigenvalue weighted by atomic mass is 10.0. The molecule has 1 aromatic heterocycles. The normalized spacial score (nSPS) is 15.1. The Labute approximate surface area is 137 Å². The number of ether oxygens (including phenoxy) is 1. The van der Waals surface area contributed by atoms with Crippen molar-refractivity contribution in [1.29, 1.82) is 0 Å². The van der Waals surface area contributed by atoms with Gasteiger partial charge in [-0.3, -0.25) is 0 Å². The number of benzene rings is 1. The van der Waals surface area contributed by atoms with Crippen molar-refractivity contribution < 1.29 is 13.5 Å². The Morgan fingerprint density at radius 2 is 2.04 bits per heavy atom. The number of nitrogens with zero attached hydrogens (tertiary/aromatic N) is 3. The lowest BCUT2D eigenvalue weighted by molar-refractivity contribution is 0.179. The molecule has 0 N–H and O–H groups in total. The van der Waals surface area contributed by atoms with Crippen LogP contribution < -0.4 is 4.90 Å². The maximum Gasteiger partial charge on any atom is 0.205 e. The Kier molecular flexibility index (Phi) is 4.97. The largest absolute Gasteiger partial charge is 0.377 e. The Hall–Kier alpha value is -1.86. The van der Waals surface area contributed by atoms with Crippen LogP contribution in [0.5, 0.6) is 0 Å². The third-order valence-corrected chi connectivity index (χ3v) is 4.54. The number of anilines is 1. The van der Waals surface area contributed by atoms with Crippen LogP contribution in [0.4, 0.5) is 13.9 Å². The average Bonchev–Trinajstić information content (AvgIpc) is 3.01. The summed E-state index contributed by atoms with van der Waals surface area (Å²) in [5, 5.41) is 0.906. The first-order chi connectivity index (χ1) is 11.2. The molecule has 0 radical (unpaired) electrons. The second kappa shape index (κ2) is 7.14. The minimum atomic E-state index is -0.815. The number of methoxy groups -OCH3 is 1. The Balaban J connectivity index is 1.63. The van der Waals surface area contributed by atoms with Crippen LogP contribution >= 0.6 is 11.5 Å². The zero-order chi connectivity index (χ0) is 16.2. The molecule has 2 heterocycles. The molecule has 7 heteroatoms. The number of halogens is 2. The second-order valence-electron chi connectivity index (χ2n) is 5.39. The standard InChI is InChI=1S/C16H17F2N3OS/c1-22-10-15-19-16(23-20-15)21-6-4-11(5-7-21)8-12-2-3-13(17)14(18)9-12/h2-3,8-9H,4-7,10H2,1H3. The van der Waals surface area contributed by atoms with Gasteiger partial charge in [0.05, 0.1) is 0 Å². The first-order valence-corrected chi connectivity index (χ1v) is 8.14. The van der Waals surface area contributed by atoms with E-state index in [0.29, 0.717) is 18.0 Å². The van der Waals surface area contributed by atoms with Gasteiger partial charge in [-0.15, -0.1) is 0 Å². The summed E-state index contributed by atoms with van der Waals surface area (Å²) in [6.45, 7) is 2.11. The molecule has 0 amide bonds. The van der Waals surface area contributed by atoms with E-state index in [1.165, 1.54) is 23.2 Å². The lowest BCUT2D eigenvalue weighted by Gasteiger charge is -2.27. The van der Waals surface area contributed by atoms with Crippen LogP contribution in [0.1, 0.15) is 24.2 Å². The molecule has 0 aliphatic carbocycles. The summed E-state index contributed by atoms with van der Waals surface area (Å²) in [6.07, 6.45) is 3.69. The fraction of sp³-hybridized carbons (Fsp3) is 0.375. The molecule has 2 aromatic rings. The fourth-order valence-electron chi connectivity index (χ4n) is 2.53. The van der Waals surface area contributed by atoms with Crippen molar-refractivity contribution in [1.82, 2.24) is 9.36 Å². The van der Waals surface area contributed by atoms with Gasteiger partial charge in [0.25, 0.3) is 0 Å². The van der Waals surface area contributed by atoms with E-state index in [4.69, 9.17) is 4.74 Å². The second-order valence-corrected chi connectivity index (χ2v) is 6.12. The molecule has 0 unspecified atom stereocenters. The average molecular weight is 337 g/mol. The zero-order valence-corrected chi connectivity index (χ0v) is 13.6. The van der Waals surface area contributed by atoms with Crippen molar-refractivity contribution in [3.8, 4) is 0 Å². The minimum Gasteiger partial charge on any atom is -0.377 e. The first-order valence-electron chi connectivity index (χ1n) is 7.36. The molecule has 0 saturated carbocycles. The minimum absolute atomic E-state index is 0.422. The zero-order valence-electron chi connectivity index (χ0n) is 12.8. The van der Waals surface area contributed by atoms with Crippen LogP contribution in [0.25, 0.3) is 6.08 Å². The summed E-state index contributed by atoms with van der Waals surface area (Å²) >= 11 is 1.38. The van der Waals surface area contributed by atoms with E-state index in [2.05, 4.69) is 14.3 Å². The van der Waals surface area contributed by atoms with E-state index in [0.717, 1.165) is 37.1 Å². The summed E-state index contributed by atoms with van der Waals surface area (Å²) in [4.78, 5) is 6.65. The van der Waals surface area contributed by atoms with Gasteiger partial charge in [-0.05, 0) is 30.5 Å². The summed E-state index contributed by atoms with van der Waals surface area (Å²) in [5.74, 6) is -0.919. The summed E-state index contributed by atoms with van der Waals surface area (Å²) in [5.41, 5.74) is 1.93. The monoisotopic (exact) mass is 337 g/mol. The highest BCUT2D eigenvalue weighted by molar-refractivity contribution is 7.09. The Morgan fingerprint density at radius 1 is 1.26 bits per heavy atom. The predicted molar refractivity (Wildman–Crippen MR) is 86.4 cm³/mol. The van der Waals surface area contributed by atoms with Crippen molar-refractivity contribution in [2.75, 3.05) is 25.1 Å². The molecule has 1 aromatic carbocycles. The SMILES string of the molecule is COCc1nsc(N2CCC(=Cc3ccc(F)c(F)c3)CC2)n1.